The molecule has 84 valence electrons. The van der Waals surface area contributed by atoms with E-state index in [1.807, 2.05) is 5.38 Å². The van der Waals surface area contributed by atoms with E-state index < -0.39 is 0 Å². The van der Waals surface area contributed by atoms with Crippen molar-refractivity contribution in [2.75, 3.05) is 18.9 Å². The number of carbonyl (C=O) groups is 1. The van der Waals surface area contributed by atoms with Crippen molar-refractivity contribution in [2.45, 2.75) is 12.7 Å². The number of hydrogen-bond acceptors (Lipinski definition) is 6. The Labute approximate surface area is 97.2 Å². The van der Waals surface area contributed by atoms with Gasteiger partial charge in [0.05, 0.1) is 12.3 Å². The fourth-order valence-corrected chi connectivity index (χ4v) is 2.40. The summed E-state index contributed by atoms with van der Waals surface area (Å²) in [5.74, 6) is 1.37. The van der Waals surface area contributed by atoms with Gasteiger partial charge >= 0.3 is 5.97 Å². The van der Waals surface area contributed by atoms with Gasteiger partial charge in [-0.15, -0.1) is 11.3 Å². The lowest BCUT2D eigenvalue weighted by atomic mass is 10.6. The zero-order valence-electron chi connectivity index (χ0n) is 8.56. The Morgan fingerprint density at radius 1 is 1.73 bits per heavy atom. The number of thioether (sulfide) groups is 1. The highest BCUT2D eigenvalue weighted by molar-refractivity contribution is 7.98. The molecular weight excluding hydrogens is 232 g/mol. The van der Waals surface area contributed by atoms with Gasteiger partial charge < -0.3 is 10.5 Å². The van der Waals surface area contributed by atoms with Crippen LogP contribution in [-0.2, 0) is 10.5 Å². The molecule has 0 saturated carbocycles. The van der Waals surface area contributed by atoms with Gasteiger partial charge in [-0.05, 0) is 6.92 Å². The van der Waals surface area contributed by atoms with Crippen molar-refractivity contribution in [3.05, 3.63) is 16.1 Å². The lowest BCUT2D eigenvalue weighted by molar-refractivity contribution is 0.0525. The Morgan fingerprint density at radius 3 is 3.20 bits per heavy atom. The summed E-state index contributed by atoms with van der Waals surface area (Å²) in [4.78, 5) is 15.5. The Balaban J connectivity index is 2.45. The third-order valence-electron chi connectivity index (χ3n) is 1.51. The molecule has 1 aromatic heterocycles. The molecule has 0 amide bonds. The molecule has 1 heterocycles. The highest BCUT2D eigenvalue weighted by atomic mass is 32.2. The van der Waals surface area contributed by atoms with Gasteiger partial charge in [-0.25, -0.2) is 9.78 Å². The number of hydrogen-bond donors (Lipinski definition) is 1. The summed E-state index contributed by atoms with van der Waals surface area (Å²) in [5.41, 5.74) is 6.29. The largest absolute Gasteiger partial charge is 0.461 e. The number of rotatable bonds is 6. The first-order valence-electron chi connectivity index (χ1n) is 4.67. The summed E-state index contributed by atoms with van der Waals surface area (Å²) < 4.78 is 4.85. The molecule has 4 nitrogen and oxygen atoms in total. The van der Waals surface area contributed by atoms with Crippen LogP contribution in [0.5, 0.6) is 0 Å². The van der Waals surface area contributed by atoms with Crippen molar-refractivity contribution in [3.8, 4) is 0 Å². The molecule has 0 aliphatic heterocycles. The Hall–Kier alpha value is -0.590. The third-order valence-corrected chi connectivity index (χ3v) is 3.41. The number of ether oxygens (including phenoxy) is 1. The molecule has 6 heteroatoms. The van der Waals surface area contributed by atoms with Crippen LogP contribution in [0.3, 0.4) is 0 Å². The molecule has 0 atom stereocenters. The molecule has 0 spiro atoms. The molecule has 2 N–H and O–H groups in total. The Kier molecular flexibility index (Phi) is 5.67. The van der Waals surface area contributed by atoms with E-state index in [1.165, 1.54) is 11.3 Å². The molecule has 1 aromatic rings. The lowest BCUT2D eigenvalue weighted by Crippen LogP contribution is -2.04. The Morgan fingerprint density at radius 2 is 2.53 bits per heavy atom. The fourth-order valence-electron chi connectivity index (χ4n) is 0.920. The second-order valence-corrected chi connectivity index (χ2v) is 4.67. The van der Waals surface area contributed by atoms with Crippen molar-refractivity contribution in [2.24, 2.45) is 5.73 Å². The van der Waals surface area contributed by atoms with E-state index in [9.17, 15) is 4.79 Å². The summed E-state index contributed by atoms with van der Waals surface area (Å²) >= 11 is 3.04. The van der Waals surface area contributed by atoms with Gasteiger partial charge in [0, 0.05) is 23.4 Å². The number of esters is 1. The quantitative estimate of drug-likeness (QED) is 0.609. The Bertz CT molecular complexity index is 315. The van der Waals surface area contributed by atoms with Crippen molar-refractivity contribution in [1.29, 1.82) is 0 Å². The lowest BCUT2D eigenvalue weighted by Gasteiger charge is -1.96. The first-order valence-corrected chi connectivity index (χ1v) is 6.70. The minimum absolute atomic E-state index is 0.336. The van der Waals surface area contributed by atoms with Crippen molar-refractivity contribution < 1.29 is 9.53 Å². The minimum Gasteiger partial charge on any atom is -0.461 e. The van der Waals surface area contributed by atoms with Gasteiger partial charge in [-0.3, -0.25) is 0 Å². The topological polar surface area (TPSA) is 65.2 Å². The van der Waals surface area contributed by atoms with Crippen molar-refractivity contribution in [3.63, 3.8) is 0 Å². The van der Waals surface area contributed by atoms with Crippen LogP contribution in [0.2, 0.25) is 0 Å². The van der Waals surface area contributed by atoms with Crippen LogP contribution in [0.1, 0.15) is 22.4 Å². The van der Waals surface area contributed by atoms with Crippen molar-refractivity contribution in [1.82, 2.24) is 4.98 Å². The first-order chi connectivity index (χ1) is 7.27. The first kappa shape index (κ1) is 12.5. The van der Waals surface area contributed by atoms with E-state index in [2.05, 4.69) is 4.98 Å². The van der Waals surface area contributed by atoms with Gasteiger partial charge in [0.1, 0.15) is 0 Å². The second kappa shape index (κ2) is 6.81. The van der Waals surface area contributed by atoms with Crippen LogP contribution in [0.4, 0.5) is 0 Å². The van der Waals surface area contributed by atoms with Crippen LogP contribution in [-0.4, -0.2) is 29.9 Å². The zero-order chi connectivity index (χ0) is 11.1. The summed E-state index contributed by atoms with van der Waals surface area (Å²) in [7, 11) is 0. The normalized spacial score (nSPS) is 10.3. The molecule has 0 bridgehead atoms. The zero-order valence-corrected chi connectivity index (χ0v) is 10.2. The monoisotopic (exact) mass is 246 g/mol. The van der Waals surface area contributed by atoms with E-state index in [1.54, 1.807) is 18.7 Å². The van der Waals surface area contributed by atoms with E-state index >= 15 is 0 Å². The molecular formula is C9H14N2O2S2. The summed E-state index contributed by atoms with van der Waals surface area (Å²) in [6.45, 7) is 2.83. The average molecular weight is 246 g/mol. The molecule has 0 radical (unpaired) electrons. The molecule has 0 saturated heterocycles. The summed E-state index contributed by atoms with van der Waals surface area (Å²) in [6, 6.07) is 0. The number of thiazole rings is 1. The number of aromatic nitrogens is 1. The molecule has 0 unspecified atom stereocenters. The van der Waals surface area contributed by atoms with Gasteiger partial charge in [-0.2, -0.15) is 11.8 Å². The van der Waals surface area contributed by atoms with Crippen LogP contribution in [0.15, 0.2) is 5.38 Å². The second-order valence-electron chi connectivity index (χ2n) is 2.71. The number of nitrogens with zero attached hydrogens (tertiary/aromatic N) is 1. The number of carbonyl (C=O) groups excluding carboxylic acids is 1. The van der Waals surface area contributed by atoms with Crippen LogP contribution in [0.25, 0.3) is 0 Å². The minimum atomic E-state index is -0.336. The molecule has 1 rings (SSSR count). The highest BCUT2D eigenvalue weighted by Gasteiger charge is 2.11. The highest BCUT2D eigenvalue weighted by Crippen LogP contribution is 2.16. The molecule has 15 heavy (non-hydrogen) atoms. The standard InChI is InChI=1S/C9H14N2O2S2/c1-2-13-9(12)8-11-7(6-15-8)5-14-4-3-10/h6H,2-5,10H2,1H3. The van der Waals surface area contributed by atoms with Crippen LogP contribution < -0.4 is 5.73 Å². The molecule has 0 aliphatic rings. The van der Waals surface area contributed by atoms with E-state index in [0.29, 0.717) is 18.2 Å². The molecule has 0 aliphatic carbocycles. The number of nitrogens with two attached hydrogens (primary N) is 1. The van der Waals surface area contributed by atoms with E-state index in [0.717, 1.165) is 17.2 Å². The van der Waals surface area contributed by atoms with E-state index in [4.69, 9.17) is 10.5 Å². The average Bonchev–Trinajstić information content (AvgIpc) is 2.67. The van der Waals surface area contributed by atoms with Gasteiger partial charge in [0.2, 0.25) is 5.01 Å². The SMILES string of the molecule is CCOC(=O)c1nc(CSCCN)cs1. The van der Waals surface area contributed by atoms with Crippen molar-refractivity contribution >= 4 is 29.1 Å². The predicted molar refractivity (Wildman–Crippen MR) is 63.3 cm³/mol. The van der Waals surface area contributed by atoms with Crippen LogP contribution >= 0.6 is 23.1 Å². The smallest absolute Gasteiger partial charge is 0.367 e. The maximum atomic E-state index is 11.3. The fraction of sp³-hybridized carbons (Fsp3) is 0.556. The maximum Gasteiger partial charge on any atom is 0.367 e. The van der Waals surface area contributed by atoms with Crippen LogP contribution in [0, 0.1) is 0 Å². The van der Waals surface area contributed by atoms with Gasteiger partial charge in [0.15, 0.2) is 0 Å². The van der Waals surface area contributed by atoms with E-state index in [-0.39, 0.29) is 5.97 Å². The molecule has 0 fully saturated rings. The van der Waals surface area contributed by atoms with Gasteiger partial charge in [0.25, 0.3) is 0 Å². The maximum absolute atomic E-state index is 11.3. The van der Waals surface area contributed by atoms with Gasteiger partial charge in [-0.1, -0.05) is 0 Å². The molecule has 0 aromatic carbocycles. The third kappa shape index (κ3) is 4.19. The summed E-state index contributed by atoms with van der Waals surface area (Å²) in [5, 5.41) is 2.32. The predicted octanol–water partition coefficient (Wildman–Crippen LogP) is 1.51. The summed E-state index contributed by atoms with van der Waals surface area (Å²) in [6.07, 6.45) is 0.